The molecule has 4 rings (SSSR count). The Morgan fingerprint density at radius 2 is 1.94 bits per heavy atom. The predicted octanol–water partition coefficient (Wildman–Crippen LogP) is 1.96. The van der Waals surface area contributed by atoms with Crippen LogP contribution in [0.3, 0.4) is 0 Å². The van der Waals surface area contributed by atoms with E-state index >= 15 is 0 Å². The maximum Gasteiger partial charge on any atom is 0.278 e. The molecule has 1 aliphatic heterocycles. The minimum atomic E-state index is -0.250. The molecule has 0 saturated carbocycles. The van der Waals surface area contributed by atoms with Crippen molar-refractivity contribution in [1.29, 1.82) is 0 Å². The number of halogens is 2. The van der Waals surface area contributed by atoms with Crippen LogP contribution in [0.4, 0.5) is 5.95 Å². The van der Waals surface area contributed by atoms with E-state index in [1.807, 2.05) is 6.07 Å². The number of fused-ring (bicyclic) bond motifs is 1. The minimum Gasteiger partial charge on any atom is -0.378 e. The Labute approximate surface area is 189 Å². The zero-order chi connectivity index (χ0) is 21.6. The molecule has 3 aromatic rings. The number of anilines is 1. The smallest absolute Gasteiger partial charge is 0.278 e. The largest absolute Gasteiger partial charge is 0.378 e. The van der Waals surface area contributed by atoms with Crippen molar-refractivity contribution in [2.45, 2.75) is 13.1 Å². The lowest BCUT2D eigenvalue weighted by molar-refractivity contribution is 0.0942. The summed E-state index contributed by atoms with van der Waals surface area (Å²) in [6, 6.07) is 5.35. The predicted molar refractivity (Wildman–Crippen MR) is 122 cm³/mol. The van der Waals surface area contributed by atoms with Crippen LogP contribution in [-0.4, -0.2) is 70.4 Å². The van der Waals surface area contributed by atoms with Gasteiger partial charge >= 0.3 is 0 Å². The average Bonchev–Trinajstić information content (AvgIpc) is 3.18. The van der Waals surface area contributed by atoms with Gasteiger partial charge in [-0.25, -0.2) is 4.98 Å². The molecule has 9 nitrogen and oxygen atoms in total. The second-order valence-electron chi connectivity index (χ2n) is 7.33. The van der Waals surface area contributed by atoms with Crippen LogP contribution < -0.4 is 16.2 Å². The average molecular weight is 466 g/mol. The van der Waals surface area contributed by atoms with E-state index in [4.69, 9.17) is 27.9 Å². The van der Waals surface area contributed by atoms with Gasteiger partial charge in [0.15, 0.2) is 11.2 Å². The summed E-state index contributed by atoms with van der Waals surface area (Å²) in [5.41, 5.74) is 1.49. The van der Waals surface area contributed by atoms with Crippen LogP contribution in [0.15, 0.2) is 29.3 Å². The molecule has 1 saturated heterocycles. The second-order valence-corrected chi connectivity index (χ2v) is 8.15. The van der Waals surface area contributed by atoms with E-state index in [-0.39, 0.29) is 5.56 Å². The van der Waals surface area contributed by atoms with Gasteiger partial charge in [0.05, 0.1) is 29.6 Å². The van der Waals surface area contributed by atoms with Crippen LogP contribution in [0.5, 0.6) is 0 Å². The number of hydrogen-bond donors (Lipinski definition) is 3. The Morgan fingerprint density at radius 1 is 1.13 bits per heavy atom. The van der Waals surface area contributed by atoms with Crippen LogP contribution in [0, 0.1) is 0 Å². The highest BCUT2D eigenvalue weighted by Crippen LogP contribution is 2.22. The first-order valence-electron chi connectivity index (χ1n) is 10.2. The Kier molecular flexibility index (Phi) is 7.41. The van der Waals surface area contributed by atoms with Crippen molar-refractivity contribution in [3.8, 4) is 0 Å². The van der Waals surface area contributed by atoms with E-state index in [0.717, 1.165) is 38.3 Å². The molecule has 3 N–H and O–H groups in total. The second kappa shape index (κ2) is 10.4. The summed E-state index contributed by atoms with van der Waals surface area (Å²) in [5.74, 6) is 0.348. The van der Waals surface area contributed by atoms with Crippen molar-refractivity contribution in [2.75, 3.05) is 51.3 Å². The minimum absolute atomic E-state index is 0.250. The van der Waals surface area contributed by atoms with Gasteiger partial charge in [-0.05, 0) is 17.7 Å². The summed E-state index contributed by atoms with van der Waals surface area (Å²) >= 11 is 12.0. The monoisotopic (exact) mass is 465 g/mol. The fourth-order valence-corrected chi connectivity index (χ4v) is 3.79. The first-order chi connectivity index (χ1) is 15.1. The van der Waals surface area contributed by atoms with Gasteiger partial charge in [0, 0.05) is 45.8 Å². The third kappa shape index (κ3) is 5.75. The molecule has 0 atom stereocenters. The van der Waals surface area contributed by atoms with E-state index in [1.165, 1.54) is 0 Å². The fourth-order valence-electron chi connectivity index (χ4n) is 3.47. The highest BCUT2D eigenvalue weighted by atomic mass is 35.5. The van der Waals surface area contributed by atoms with Crippen molar-refractivity contribution >= 4 is 40.3 Å². The molecular formula is C20H25Cl2N7O2. The van der Waals surface area contributed by atoms with Crippen LogP contribution in [0.1, 0.15) is 5.56 Å². The maximum absolute atomic E-state index is 12.6. The number of benzene rings is 1. The molecule has 0 amide bonds. The number of hydrogen-bond acceptors (Lipinski definition) is 7. The highest BCUT2D eigenvalue weighted by Gasteiger charge is 2.12. The molecule has 0 aliphatic carbocycles. The number of nitrogens with one attached hydrogen (secondary N) is 3. The van der Waals surface area contributed by atoms with E-state index in [2.05, 4.69) is 30.5 Å². The topological polar surface area (TPSA) is 100 Å². The number of aromatic amines is 1. The Morgan fingerprint density at radius 3 is 2.74 bits per heavy atom. The molecule has 0 spiro atoms. The van der Waals surface area contributed by atoms with Crippen molar-refractivity contribution in [2.24, 2.45) is 0 Å². The molecule has 0 radical (unpaired) electrons. The number of piperazine rings is 1. The van der Waals surface area contributed by atoms with Crippen molar-refractivity contribution < 1.29 is 4.74 Å². The summed E-state index contributed by atoms with van der Waals surface area (Å²) in [6.45, 7) is 7.24. The Balaban J connectivity index is 1.31. The summed E-state index contributed by atoms with van der Waals surface area (Å²) in [4.78, 5) is 26.4. The standard InChI is InChI=1S/C20H25Cl2N7O2/c21-15-2-1-14(11-16(15)22)12-24-20-26-18-17(19(30)27-20)29(13-25-18)8-10-31-9-7-28-5-3-23-4-6-28/h1-2,11,13,23H,3-10,12H2,(H2,24,26,27,30). The van der Waals surface area contributed by atoms with Crippen LogP contribution >= 0.6 is 23.2 Å². The lowest BCUT2D eigenvalue weighted by atomic mass is 10.2. The molecule has 31 heavy (non-hydrogen) atoms. The van der Waals surface area contributed by atoms with Gasteiger partial charge in [-0.1, -0.05) is 29.3 Å². The number of imidazole rings is 1. The van der Waals surface area contributed by atoms with E-state index in [9.17, 15) is 4.79 Å². The van der Waals surface area contributed by atoms with E-state index in [0.29, 0.717) is 53.5 Å². The molecular weight excluding hydrogens is 441 g/mol. The van der Waals surface area contributed by atoms with Crippen LogP contribution in [0.2, 0.25) is 10.0 Å². The summed E-state index contributed by atoms with van der Waals surface area (Å²) in [5, 5.41) is 7.40. The van der Waals surface area contributed by atoms with Crippen LogP contribution in [0.25, 0.3) is 11.2 Å². The molecule has 1 aromatic carbocycles. The first kappa shape index (κ1) is 22.0. The molecule has 3 heterocycles. The fraction of sp³-hybridized carbons (Fsp3) is 0.450. The van der Waals surface area contributed by atoms with Gasteiger partial charge in [-0.15, -0.1) is 0 Å². The molecule has 0 bridgehead atoms. The summed E-state index contributed by atoms with van der Waals surface area (Å²) in [7, 11) is 0. The third-order valence-electron chi connectivity index (χ3n) is 5.17. The van der Waals surface area contributed by atoms with Gasteiger partial charge in [-0.3, -0.25) is 14.7 Å². The van der Waals surface area contributed by atoms with Crippen molar-refractivity contribution in [1.82, 2.24) is 29.7 Å². The number of aromatic nitrogens is 4. The molecule has 166 valence electrons. The quantitative estimate of drug-likeness (QED) is 0.415. The van der Waals surface area contributed by atoms with Gasteiger partial charge in [0.25, 0.3) is 5.56 Å². The third-order valence-corrected chi connectivity index (χ3v) is 5.90. The number of nitrogens with zero attached hydrogens (tertiary/aromatic N) is 4. The van der Waals surface area contributed by atoms with Crippen LogP contribution in [-0.2, 0) is 17.8 Å². The van der Waals surface area contributed by atoms with Gasteiger partial charge in [0.2, 0.25) is 5.95 Å². The molecule has 11 heteroatoms. The first-order valence-corrected chi connectivity index (χ1v) is 11.0. The molecule has 1 fully saturated rings. The SMILES string of the molecule is O=c1[nH]c(NCc2ccc(Cl)c(Cl)c2)nc2ncn(CCOCCN3CCNCC3)c12. The Hall–Kier alpha value is -2.17. The summed E-state index contributed by atoms with van der Waals surface area (Å²) in [6.07, 6.45) is 1.62. The van der Waals surface area contributed by atoms with Crippen molar-refractivity contribution in [3.05, 3.63) is 50.5 Å². The molecule has 0 unspecified atom stereocenters. The number of H-pyrrole nitrogens is 1. The van der Waals surface area contributed by atoms with Crippen molar-refractivity contribution in [3.63, 3.8) is 0 Å². The van der Waals surface area contributed by atoms with E-state index in [1.54, 1.807) is 23.0 Å². The Bertz CT molecular complexity index is 1080. The summed E-state index contributed by atoms with van der Waals surface area (Å²) < 4.78 is 7.52. The van der Waals surface area contributed by atoms with Gasteiger partial charge in [-0.2, -0.15) is 4.98 Å². The number of ether oxygens (including phenoxy) is 1. The lowest BCUT2D eigenvalue weighted by Gasteiger charge is -2.26. The van der Waals surface area contributed by atoms with Gasteiger partial charge in [0.1, 0.15) is 0 Å². The normalized spacial score (nSPS) is 14.9. The lowest BCUT2D eigenvalue weighted by Crippen LogP contribution is -2.44. The molecule has 1 aliphatic rings. The number of rotatable bonds is 9. The van der Waals surface area contributed by atoms with Gasteiger partial charge < -0.3 is 19.9 Å². The maximum atomic E-state index is 12.6. The molecule has 2 aromatic heterocycles. The highest BCUT2D eigenvalue weighted by molar-refractivity contribution is 6.42. The zero-order valence-electron chi connectivity index (χ0n) is 17.0. The zero-order valence-corrected chi connectivity index (χ0v) is 18.5. The van der Waals surface area contributed by atoms with E-state index < -0.39 is 0 Å².